The largest absolute Gasteiger partial charge is 0.349 e. The SMILES string of the molecule is CN1CCCC(Cc2ncc[nH]2)CC1. The molecule has 1 fully saturated rings. The fourth-order valence-corrected chi connectivity index (χ4v) is 2.20. The van der Waals surface area contributed by atoms with Crippen LogP contribution >= 0.6 is 0 Å². The minimum absolute atomic E-state index is 0.825. The van der Waals surface area contributed by atoms with Crippen LogP contribution in [-0.2, 0) is 6.42 Å². The molecular weight excluding hydrogens is 174 g/mol. The highest BCUT2D eigenvalue weighted by molar-refractivity contribution is 4.89. The Morgan fingerprint density at radius 3 is 3.21 bits per heavy atom. The summed E-state index contributed by atoms with van der Waals surface area (Å²) in [7, 11) is 2.22. The average Bonchev–Trinajstić information content (AvgIpc) is 2.58. The first kappa shape index (κ1) is 9.71. The standard InChI is InChI=1S/C11H19N3/c1-14-7-2-3-10(4-8-14)9-11-12-5-6-13-11/h5-6,10H,2-4,7-9H2,1H3,(H,12,13). The van der Waals surface area contributed by atoms with E-state index >= 15 is 0 Å². The zero-order valence-electron chi connectivity index (χ0n) is 8.87. The van der Waals surface area contributed by atoms with Gasteiger partial charge in [0.2, 0.25) is 0 Å². The van der Waals surface area contributed by atoms with Gasteiger partial charge in [0.1, 0.15) is 5.82 Å². The van der Waals surface area contributed by atoms with Crippen molar-refractivity contribution in [2.45, 2.75) is 25.7 Å². The van der Waals surface area contributed by atoms with Crippen molar-refractivity contribution in [3.8, 4) is 0 Å². The number of imidazole rings is 1. The number of aromatic nitrogens is 2. The van der Waals surface area contributed by atoms with Gasteiger partial charge in [-0.1, -0.05) is 0 Å². The first-order valence-electron chi connectivity index (χ1n) is 5.51. The Morgan fingerprint density at radius 2 is 2.43 bits per heavy atom. The molecule has 1 unspecified atom stereocenters. The van der Waals surface area contributed by atoms with Gasteiger partial charge in [-0.15, -0.1) is 0 Å². The number of nitrogens with one attached hydrogen (secondary N) is 1. The van der Waals surface area contributed by atoms with Gasteiger partial charge in [0, 0.05) is 18.8 Å². The Labute approximate surface area is 85.5 Å². The maximum Gasteiger partial charge on any atom is 0.106 e. The van der Waals surface area contributed by atoms with Crippen molar-refractivity contribution in [2.75, 3.05) is 20.1 Å². The van der Waals surface area contributed by atoms with E-state index in [2.05, 4.69) is 21.9 Å². The molecule has 1 saturated heterocycles. The van der Waals surface area contributed by atoms with Gasteiger partial charge in [0.15, 0.2) is 0 Å². The van der Waals surface area contributed by atoms with Crippen LogP contribution in [0.25, 0.3) is 0 Å². The normalized spacial score (nSPS) is 24.8. The summed E-state index contributed by atoms with van der Waals surface area (Å²) in [4.78, 5) is 9.91. The molecule has 0 bridgehead atoms. The predicted molar refractivity (Wildman–Crippen MR) is 57.1 cm³/mol. The van der Waals surface area contributed by atoms with Crippen LogP contribution in [0.4, 0.5) is 0 Å². The van der Waals surface area contributed by atoms with E-state index in [4.69, 9.17) is 0 Å². The van der Waals surface area contributed by atoms with E-state index in [1.54, 1.807) is 0 Å². The van der Waals surface area contributed by atoms with E-state index in [1.165, 1.54) is 32.4 Å². The summed E-state index contributed by atoms with van der Waals surface area (Å²) in [5.74, 6) is 1.98. The highest BCUT2D eigenvalue weighted by atomic mass is 15.1. The highest BCUT2D eigenvalue weighted by Gasteiger charge is 2.15. The summed E-state index contributed by atoms with van der Waals surface area (Å²) in [6.07, 6.45) is 8.89. The quantitative estimate of drug-likeness (QED) is 0.775. The summed E-state index contributed by atoms with van der Waals surface area (Å²) < 4.78 is 0. The second-order valence-corrected chi connectivity index (χ2v) is 4.34. The lowest BCUT2D eigenvalue weighted by Gasteiger charge is -2.13. The molecule has 1 aromatic rings. The first-order chi connectivity index (χ1) is 6.84. The molecule has 3 nitrogen and oxygen atoms in total. The number of nitrogens with zero attached hydrogens (tertiary/aromatic N) is 2. The van der Waals surface area contributed by atoms with Gasteiger partial charge in [-0.3, -0.25) is 0 Å². The molecule has 1 N–H and O–H groups in total. The third kappa shape index (κ3) is 2.58. The van der Waals surface area contributed by atoms with Crippen molar-refractivity contribution in [2.24, 2.45) is 5.92 Å². The maximum atomic E-state index is 4.29. The molecule has 0 amide bonds. The molecule has 0 spiro atoms. The molecule has 3 heteroatoms. The lowest BCUT2D eigenvalue weighted by Crippen LogP contribution is -2.19. The lowest BCUT2D eigenvalue weighted by atomic mass is 9.97. The van der Waals surface area contributed by atoms with E-state index in [1.807, 2.05) is 12.4 Å². The molecule has 0 radical (unpaired) electrons. The third-order valence-electron chi connectivity index (χ3n) is 3.11. The average molecular weight is 193 g/mol. The van der Waals surface area contributed by atoms with E-state index < -0.39 is 0 Å². The van der Waals surface area contributed by atoms with E-state index in [0.29, 0.717) is 0 Å². The van der Waals surface area contributed by atoms with Gasteiger partial charge < -0.3 is 9.88 Å². The molecule has 1 aliphatic heterocycles. The van der Waals surface area contributed by atoms with E-state index in [0.717, 1.165) is 18.2 Å². The molecular formula is C11H19N3. The van der Waals surface area contributed by atoms with Crippen LogP contribution in [0.1, 0.15) is 25.1 Å². The van der Waals surface area contributed by atoms with Crippen molar-refractivity contribution in [1.82, 2.24) is 14.9 Å². The summed E-state index contributed by atoms with van der Waals surface area (Å²) in [6.45, 7) is 2.50. The van der Waals surface area contributed by atoms with Crippen molar-refractivity contribution >= 4 is 0 Å². The van der Waals surface area contributed by atoms with Gasteiger partial charge in [-0.25, -0.2) is 4.98 Å². The molecule has 0 aliphatic carbocycles. The van der Waals surface area contributed by atoms with Crippen LogP contribution in [0.2, 0.25) is 0 Å². The number of rotatable bonds is 2. The lowest BCUT2D eigenvalue weighted by molar-refractivity contribution is 0.341. The third-order valence-corrected chi connectivity index (χ3v) is 3.11. The molecule has 1 aromatic heterocycles. The van der Waals surface area contributed by atoms with Crippen LogP contribution in [0.5, 0.6) is 0 Å². The smallest absolute Gasteiger partial charge is 0.106 e. The van der Waals surface area contributed by atoms with Crippen molar-refractivity contribution in [1.29, 1.82) is 0 Å². The maximum absolute atomic E-state index is 4.29. The van der Waals surface area contributed by atoms with E-state index in [9.17, 15) is 0 Å². The van der Waals surface area contributed by atoms with Crippen molar-refractivity contribution < 1.29 is 0 Å². The summed E-state index contributed by atoms with van der Waals surface area (Å²) in [5, 5.41) is 0. The van der Waals surface area contributed by atoms with Crippen molar-refractivity contribution in [3.63, 3.8) is 0 Å². The Hall–Kier alpha value is -0.830. The molecule has 0 saturated carbocycles. The Morgan fingerprint density at radius 1 is 1.50 bits per heavy atom. The Balaban J connectivity index is 1.86. The van der Waals surface area contributed by atoms with Gasteiger partial charge in [0.05, 0.1) is 0 Å². The molecule has 2 heterocycles. The number of likely N-dealkylation sites (tertiary alicyclic amines) is 1. The minimum atomic E-state index is 0.825. The van der Waals surface area contributed by atoms with Crippen LogP contribution in [0.3, 0.4) is 0 Å². The van der Waals surface area contributed by atoms with Crippen LogP contribution in [-0.4, -0.2) is 35.0 Å². The fraction of sp³-hybridized carbons (Fsp3) is 0.727. The fourth-order valence-electron chi connectivity index (χ4n) is 2.20. The van der Waals surface area contributed by atoms with Gasteiger partial charge >= 0.3 is 0 Å². The molecule has 0 aromatic carbocycles. The second kappa shape index (κ2) is 4.60. The van der Waals surface area contributed by atoms with E-state index in [-0.39, 0.29) is 0 Å². The Bertz CT molecular complexity index is 256. The number of hydrogen-bond donors (Lipinski definition) is 1. The topological polar surface area (TPSA) is 31.9 Å². The first-order valence-corrected chi connectivity index (χ1v) is 5.51. The molecule has 14 heavy (non-hydrogen) atoms. The molecule has 1 atom stereocenters. The second-order valence-electron chi connectivity index (χ2n) is 4.34. The molecule has 2 rings (SSSR count). The molecule has 78 valence electrons. The van der Waals surface area contributed by atoms with Gasteiger partial charge in [0.25, 0.3) is 0 Å². The summed E-state index contributed by atoms with van der Waals surface area (Å²) in [6, 6.07) is 0. The highest BCUT2D eigenvalue weighted by Crippen LogP contribution is 2.19. The van der Waals surface area contributed by atoms with Gasteiger partial charge in [-0.05, 0) is 45.3 Å². The number of aromatic amines is 1. The van der Waals surface area contributed by atoms with Crippen molar-refractivity contribution in [3.05, 3.63) is 18.2 Å². The molecule has 1 aliphatic rings. The van der Waals surface area contributed by atoms with Crippen LogP contribution in [0.15, 0.2) is 12.4 Å². The van der Waals surface area contributed by atoms with Crippen LogP contribution in [0, 0.1) is 5.92 Å². The number of hydrogen-bond acceptors (Lipinski definition) is 2. The zero-order chi connectivity index (χ0) is 9.80. The Kier molecular flexibility index (Phi) is 3.19. The minimum Gasteiger partial charge on any atom is -0.349 e. The summed E-state index contributed by atoms with van der Waals surface area (Å²) in [5.41, 5.74) is 0. The van der Waals surface area contributed by atoms with Crippen LogP contribution < -0.4 is 0 Å². The van der Waals surface area contributed by atoms with Gasteiger partial charge in [-0.2, -0.15) is 0 Å². The summed E-state index contributed by atoms with van der Waals surface area (Å²) >= 11 is 0. The zero-order valence-corrected chi connectivity index (χ0v) is 8.87. The monoisotopic (exact) mass is 193 g/mol. The predicted octanol–water partition coefficient (Wildman–Crippen LogP) is 1.68. The number of H-pyrrole nitrogens is 1.